The first-order valence-corrected chi connectivity index (χ1v) is 7.90. The van der Waals surface area contributed by atoms with E-state index in [1.165, 1.54) is 0 Å². The third-order valence-corrected chi connectivity index (χ3v) is 4.50. The molecule has 0 aliphatic heterocycles. The number of carbonyl (C=O) groups excluding carboxylic acids is 1. The third-order valence-electron chi connectivity index (χ3n) is 2.94. The maximum Gasteiger partial charge on any atom is 0.233 e. The number of thiazole rings is 1. The van der Waals surface area contributed by atoms with Crippen LogP contribution in [0.4, 0.5) is 0 Å². The van der Waals surface area contributed by atoms with Crippen molar-refractivity contribution in [1.29, 1.82) is 0 Å². The highest BCUT2D eigenvalue weighted by molar-refractivity contribution is 7.81. The van der Waals surface area contributed by atoms with E-state index < -0.39 is 0 Å². The van der Waals surface area contributed by atoms with Gasteiger partial charge in [0, 0.05) is 11.1 Å². The number of aryl methyl sites for hydroxylation is 1. The summed E-state index contributed by atoms with van der Waals surface area (Å²) >= 11 is 5.96. The minimum Gasteiger partial charge on any atom is -0.346 e. The van der Waals surface area contributed by atoms with E-state index in [4.69, 9.17) is 0 Å². The van der Waals surface area contributed by atoms with Crippen LogP contribution in [0, 0.1) is 6.92 Å². The Morgan fingerprint density at radius 1 is 1.40 bits per heavy atom. The molecule has 0 saturated heterocycles. The van der Waals surface area contributed by atoms with Crippen molar-refractivity contribution in [2.45, 2.75) is 31.6 Å². The second-order valence-electron chi connectivity index (χ2n) is 4.76. The quantitative estimate of drug-likeness (QED) is 0.833. The lowest BCUT2D eigenvalue weighted by Crippen LogP contribution is -2.34. The van der Waals surface area contributed by atoms with Crippen LogP contribution in [0.2, 0.25) is 0 Å². The Balaban J connectivity index is 1.91. The number of hydrogen-bond acceptors (Lipinski definition) is 4. The van der Waals surface area contributed by atoms with Crippen molar-refractivity contribution in [2.75, 3.05) is 0 Å². The molecule has 106 valence electrons. The molecule has 2 unspecified atom stereocenters. The number of nitrogens with one attached hydrogen (secondary N) is 1. The molecular weight excluding hydrogens is 288 g/mol. The van der Waals surface area contributed by atoms with Gasteiger partial charge in [0.15, 0.2) is 0 Å². The second-order valence-corrected chi connectivity index (χ2v) is 6.28. The monoisotopic (exact) mass is 306 g/mol. The van der Waals surface area contributed by atoms with E-state index in [0.29, 0.717) is 6.42 Å². The van der Waals surface area contributed by atoms with Crippen molar-refractivity contribution >= 4 is 29.9 Å². The molecule has 5 heteroatoms. The first-order valence-electron chi connectivity index (χ1n) is 6.50. The molecule has 0 spiro atoms. The summed E-state index contributed by atoms with van der Waals surface area (Å²) in [6, 6.07) is 9.83. The second kappa shape index (κ2) is 6.90. The van der Waals surface area contributed by atoms with Crippen molar-refractivity contribution in [2.24, 2.45) is 0 Å². The number of benzene rings is 1. The Morgan fingerprint density at radius 2 is 2.10 bits per heavy atom. The SMILES string of the molecule is Cc1csc(C(C)NC(=O)C(S)Cc2ccccc2)n1. The summed E-state index contributed by atoms with van der Waals surface area (Å²) in [6.07, 6.45) is 0.624. The van der Waals surface area contributed by atoms with Gasteiger partial charge < -0.3 is 5.32 Å². The normalized spacial score (nSPS) is 13.8. The molecular formula is C15H18N2OS2. The molecule has 1 amide bonds. The fourth-order valence-electron chi connectivity index (χ4n) is 1.87. The van der Waals surface area contributed by atoms with Gasteiger partial charge in [0.2, 0.25) is 5.91 Å². The van der Waals surface area contributed by atoms with Crippen LogP contribution in [0.3, 0.4) is 0 Å². The number of carbonyl (C=O) groups is 1. The Hall–Kier alpha value is -1.33. The van der Waals surface area contributed by atoms with E-state index in [1.807, 2.05) is 49.6 Å². The molecule has 1 aromatic heterocycles. The third kappa shape index (κ3) is 4.08. The summed E-state index contributed by atoms with van der Waals surface area (Å²) in [7, 11) is 0. The molecule has 2 aromatic rings. The lowest BCUT2D eigenvalue weighted by atomic mass is 10.1. The average molecular weight is 306 g/mol. The standard InChI is InChI=1S/C15H18N2OS2/c1-10-9-20-15(16-10)11(2)17-14(18)13(19)8-12-6-4-3-5-7-12/h3-7,9,11,13,19H,8H2,1-2H3,(H,17,18). The summed E-state index contributed by atoms with van der Waals surface area (Å²) in [5, 5.41) is 5.53. The van der Waals surface area contributed by atoms with Crippen LogP contribution >= 0.6 is 24.0 Å². The molecule has 0 radical (unpaired) electrons. The molecule has 1 heterocycles. The number of rotatable bonds is 5. The molecule has 0 saturated carbocycles. The van der Waals surface area contributed by atoms with Gasteiger partial charge in [-0.2, -0.15) is 12.6 Å². The molecule has 1 N–H and O–H groups in total. The molecule has 0 aliphatic rings. The van der Waals surface area contributed by atoms with E-state index in [2.05, 4.69) is 22.9 Å². The minimum absolute atomic E-state index is 0.0578. The maximum atomic E-state index is 12.1. The first-order chi connectivity index (χ1) is 9.56. The van der Waals surface area contributed by atoms with Crippen molar-refractivity contribution < 1.29 is 4.79 Å². The number of nitrogens with zero attached hydrogens (tertiary/aromatic N) is 1. The fourth-order valence-corrected chi connectivity index (χ4v) is 2.96. The maximum absolute atomic E-state index is 12.1. The Morgan fingerprint density at radius 3 is 2.70 bits per heavy atom. The van der Waals surface area contributed by atoms with Crippen molar-refractivity contribution in [1.82, 2.24) is 10.3 Å². The summed E-state index contributed by atoms with van der Waals surface area (Å²) in [6.45, 7) is 3.89. The van der Waals surface area contributed by atoms with E-state index in [-0.39, 0.29) is 17.2 Å². The van der Waals surface area contributed by atoms with Crippen LogP contribution in [0.1, 0.15) is 29.2 Å². The van der Waals surface area contributed by atoms with Gasteiger partial charge in [-0.05, 0) is 25.8 Å². The molecule has 1 aromatic carbocycles. The number of thiol groups is 1. The number of hydrogen-bond donors (Lipinski definition) is 2. The van der Waals surface area contributed by atoms with Gasteiger partial charge in [-0.3, -0.25) is 4.79 Å². The summed E-state index contributed by atoms with van der Waals surface area (Å²) in [4.78, 5) is 16.5. The highest BCUT2D eigenvalue weighted by Gasteiger charge is 2.18. The van der Waals surface area contributed by atoms with Crippen LogP contribution in [-0.2, 0) is 11.2 Å². The van der Waals surface area contributed by atoms with Gasteiger partial charge in [-0.1, -0.05) is 30.3 Å². The summed E-state index contributed by atoms with van der Waals surface area (Å²) in [5.74, 6) is -0.0578. The molecule has 2 atom stereocenters. The van der Waals surface area contributed by atoms with E-state index >= 15 is 0 Å². The predicted molar refractivity (Wildman–Crippen MR) is 86.3 cm³/mol. The Bertz CT molecular complexity index is 568. The van der Waals surface area contributed by atoms with Crippen LogP contribution in [-0.4, -0.2) is 16.1 Å². The van der Waals surface area contributed by atoms with E-state index in [0.717, 1.165) is 16.3 Å². The molecule has 2 rings (SSSR count). The first kappa shape index (κ1) is 15.1. The lowest BCUT2D eigenvalue weighted by Gasteiger charge is -2.15. The molecule has 0 fully saturated rings. The lowest BCUT2D eigenvalue weighted by molar-refractivity contribution is -0.121. The highest BCUT2D eigenvalue weighted by Crippen LogP contribution is 2.18. The van der Waals surface area contributed by atoms with Crippen LogP contribution in [0.5, 0.6) is 0 Å². The smallest absolute Gasteiger partial charge is 0.233 e. The van der Waals surface area contributed by atoms with Crippen molar-refractivity contribution in [3.05, 3.63) is 52.0 Å². The van der Waals surface area contributed by atoms with Gasteiger partial charge in [-0.25, -0.2) is 4.98 Å². The zero-order chi connectivity index (χ0) is 14.5. The zero-order valence-corrected chi connectivity index (χ0v) is 13.2. The van der Waals surface area contributed by atoms with Gasteiger partial charge >= 0.3 is 0 Å². The number of amides is 1. The number of aromatic nitrogens is 1. The van der Waals surface area contributed by atoms with Crippen LogP contribution in [0.25, 0.3) is 0 Å². The zero-order valence-electron chi connectivity index (χ0n) is 11.5. The summed E-state index contributed by atoms with van der Waals surface area (Å²) < 4.78 is 0. The van der Waals surface area contributed by atoms with E-state index in [1.54, 1.807) is 11.3 Å². The Kier molecular flexibility index (Phi) is 5.20. The van der Waals surface area contributed by atoms with Crippen LogP contribution in [0.15, 0.2) is 35.7 Å². The minimum atomic E-state index is -0.346. The molecule has 0 aliphatic carbocycles. The topological polar surface area (TPSA) is 42.0 Å². The largest absolute Gasteiger partial charge is 0.346 e. The molecule has 0 bridgehead atoms. The Labute approximate surface area is 128 Å². The van der Waals surface area contributed by atoms with Gasteiger partial charge in [0.25, 0.3) is 0 Å². The van der Waals surface area contributed by atoms with E-state index in [9.17, 15) is 4.79 Å². The highest BCUT2D eigenvalue weighted by atomic mass is 32.1. The van der Waals surface area contributed by atoms with Crippen molar-refractivity contribution in [3.63, 3.8) is 0 Å². The molecule has 3 nitrogen and oxygen atoms in total. The fraction of sp³-hybridized carbons (Fsp3) is 0.333. The van der Waals surface area contributed by atoms with Gasteiger partial charge in [0.05, 0.1) is 11.3 Å². The van der Waals surface area contributed by atoms with Gasteiger partial charge in [0.1, 0.15) is 5.01 Å². The molecule has 20 heavy (non-hydrogen) atoms. The predicted octanol–water partition coefficient (Wildman–Crippen LogP) is 3.17. The van der Waals surface area contributed by atoms with Gasteiger partial charge in [-0.15, -0.1) is 11.3 Å². The average Bonchev–Trinajstić information content (AvgIpc) is 2.86. The van der Waals surface area contributed by atoms with Crippen LogP contribution < -0.4 is 5.32 Å². The van der Waals surface area contributed by atoms with Crippen molar-refractivity contribution in [3.8, 4) is 0 Å². The summed E-state index contributed by atoms with van der Waals surface area (Å²) in [5.41, 5.74) is 2.10.